The first-order valence-corrected chi connectivity index (χ1v) is 10.8. The van der Waals surface area contributed by atoms with Crippen LogP contribution in [0.15, 0.2) is 30.6 Å². The Kier molecular flexibility index (Phi) is 7.13. The number of nitrogen functional groups attached to an aromatic ring is 1. The quantitative estimate of drug-likeness (QED) is 0.278. The fraction of sp³-hybridized carbons (Fsp3) is 0.476. The number of morpholine rings is 1. The second-order valence-electron chi connectivity index (χ2n) is 7.62. The lowest BCUT2D eigenvalue weighted by atomic mass is 10.2. The lowest BCUT2D eigenvalue weighted by Gasteiger charge is -2.26. The molecule has 4 rings (SSSR count). The van der Waals surface area contributed by atoms with Gasteiger partial charge in [-0.1, -0.05) is 12.1 Å². The van der Waals surface area contributed by atoms with Crippen molar-refractivity contribution < 1.29 is 4.74 Å². The fourth-order valence-electron chi connectivity index (χ4n) is 3.51. The molecule has 0 bridgehead atoms. The Bertz CT molecular complexity index is 967. The molecule has 1 fully saturated rings. The van der Waals surface area contributed by atoms with E-state index < -0.39 is 0 Å². The first kappa shape index (κ1) is 21.3. The fourth-order valence-corrected chi connectivity index (χ4v) is 3.51. The lowest BCUT2D eigenvalue weighted by molar-refractivity contribution is 0.0365. The molecule has 0 aliphatic carbocycles. The minimum absolute atomic E-state index is 0.578. The van der Waals surface area contributed by atoms with Crippen LogP contribution >= 0.6 is 0 Å². The summed E-state index contributed by atoms with van der Waals surface area (Å²) in [6.45, 7) is 7.22. The molecule has 6 N–H and O–H groups in total. The van der Waals surface area contributed by atoms with Gasteiger partial charge in [-0.15, -0.1) is 0 Å². The first-order chi connectivity index (χ1) is 15.2. The van der Waals surface area contributed by atoms with Crippen molar-refractivity contribution in [2.45, 2.75) is 19.5 Å². The average molecular weight is 426 g/mol. The van der Waals surface area contributed by atoms with Gasteiger partial charge in [-0.25, -0.2) is 4.98 Å². The zero-order valence-electron chi connectivity index (χ0n) is 17.8. The molecular weight excluding hydrogens is 394 g/mol. The largest absolute Gasteiger partial charge is 0.399 e. The van der Waals surface area contributed by atoms with Crippen LogP contribution in [0.25, 0.3) is 11.2 Å². The molecule has 0 amide bonds. The van der Waals surface area contributed by atoms with Crippen LogP contribution in [0, 0.1) is 0 Å². The van der Waals surface area contributed by atoms with E-state index in [-0.39, 0.29) is 0 Å². The summed E-state index contributed by atoms with van der Waals surface area (Å²) in [6, 6.07) is 7.80. The molecule has 10 heteroatoms. The van der Waals surface area contributed by atoms with E-state index in [4.69, 9.17) is 21.2 Å². The summed E-state index contributed by atoms with van der Waals surface area (Å²) in [5, 5.41) is 6.69. The highest BCUT2D eigenvalue weighted by atomic mass is 16.5. The monoisotopic (exact) mass is 425 g/mol. The van der Waals surface area contributed by atoms with Gasteiger partial charge in [-0.3, -0.25) is 4.90 Å². The molecule has 0 atom stereocenters. The van der Waals surface area contributed by atoms with Crippen LogP contribution in [0.4, 0.5) is 17.5 Å². The maximum atomic E-state index is 5.79. The van der Waals surface area contributed by atoms with E-state index in [1.165, 1.54) is 0 Å². The van der Waals surface area contributed by atoms with Crippen molar-refractivity contribution in [3.8, 4) is 0 Å². The normalized spacial score (nSPS) is 14.7. The number of imidazole rings is 1. The number of hydrogen-bond acceptors (Lipinski definition) is 9. The topological polar surface area (TPSA) is 132 Å². The van der Waals surface area contributed by atoms with Crippen molar-refractivity contribution in [1.29, 1.82) is 0 Å². The Labute approximate surface area is 182 Å². The highest BCUT2D eigenvalue weighted by molar-refractivity contribution is 5.84. The average Bonchev–Trinajstić information content (AvgIpc) is 3.21. The Morgan fingerprint density at radius 1 is 1.03 bits per heavy atom. The van der Waals surface area contributed by atoms with Crippen molar-refractivity contribution in [3.63, 3.8) is 0 Å². The highest BCUT2D eigenvalue weighted by Gasteiger charge is 2.15. The van der Waals surface area contributed by atoms with Gasteiger partial charge in [-0.05, 0) is 30.7 Å². The third kappa shape index (κ3) is 5.60. The number of ether oxygens (including phenoxy) is 1. The van der Waals surface area contributed by atoms with Gasteiger partial charge in [0.2, 0.25) is 5.95 Å². The van der Waals surface area contributed by atoms with Crippen molar-refractivity contribution >= 4 is 28.6 Å². The molecule has 1 aliphatic rings. The van der Waals surface area contributed by atoms with Crippen LogP contribution in [-0.4, -0.2) is 70.4 Å². The van der Waals surface area contributed by atoms with Crippen LogP contribution in [0.5, 0.6) is 0 Å². The summed E-state index contributed by atoms with van der Waals surface area (Å²) in [5.41, 5.74) is 14.9. The second kappa shape index (κ2) is 10.4. The predicted molar refractivity (Wildman–Crippen MR) is 123 cm³/mol. The minimum Gasteiger partial charge on any atom is -0.399 e. The SMILES string of the molecule is NCCCNc1nc(NCc2ccc(N)cc2)c2ncn(CCN3CCOCC3)c2n1. The molecule has 31 heavy (non-hydrogen) atoms. The molecule has 0 unspecified atom stereocenters. The molecule has 1 aliphatic heterocycles. The minimum atomic E-state index is 0.578. The zero-order chi connectivity index (χ0) is 21.5. The summed E-state index contributed by atoms with van der Waals surface area (Å²) < 4.78 is 7.53. The van der Waals surface area contributed by atoms with Crippen LogP contribution < -0.4 is 22.1 Å². The molecule has 166 valence electrons. The Hall–Kier alpha value is -2.95. The standard InChI is InChI=1S/C21H31N9O/c22-6-1-7-24-21-27-19(25-14-16-2-4-17(23)5-3-16)18-20(28-21)30(15-26-18)9-8-29-10-12-31-13-11-29/h2-5,15H,1,6-14,22-23H2,(H2,24,25,27,28). The summed E-state index contributed by atoms with van der Waals surface area (Å²) in [4.78, 5) is 16.4. The van der Waals surface area contributed by atoms with E-state index in [0.717, 1.165) is 74.8 Å². The van der Waals surface area contributed by atoms with Gasteiger partial charge >= 0.3 is 0 Å². The molecule has 3 heterocycles. The summed E-state index contributed by atoms with van der Waals surface area (Å²) in [5.74, 6) is 1.29. The number of aromatic nitrogens is 4. The van der Waals surface area contributed by atoms with Crippen LogP contribution in [0.3, 0.4) is 0 Å². The van der Waals surface area contributed by atoms with Gasteiger partial charge < -0.3 is 31.4 Å². The molecule has 0 saturated carbocycles. The number of benzene rings is 1. The van der Waals surface area contributed by atoms with Gasteiger partial charge in [0.1, 0.15) is 0 Å². The lowest BCUT2D eigenvalue weighted by Crippen LogP contribution is -2.38. The van der Waals surface area contributed by atoms with E-state index in [1.807, 2.05) is 30.6 Å². The first-order valence-electron chi connectivity index (χ1n) is 10.8. The summed E-state index contributed by atoms with van der Waals surface area (Å²) in [6.07, 6.45) is 2.70. The van der Waals surface area contributed by atoms with Gasteiger partial charge in [0, 0.05) is 45.0 Å². The van der Waals surface area contributed by atoms with Crippen LogP contribution in [0.1, 0.15) is 12.0 Å². The molecule has 0 spiro atoms. The smallest absolute Gasteiger partial charge is 0.226 e. The maximum Gasteiger partial charge on any atom is 0.226 e. The van der Waals surface area contributed by atoms with Gasteiger partial charge in [0.15, 0.2) is 17.0 Å². The van der Waals surface area contributed by atoms with Gasteiger partial charge in [0.05, 0.1) is 19.5 Å². The number of fused-ring (bicyclic) bond motifs is 1. The molecule has 3 aromatic rings. The van der Waals surface area contributed by atoms with Crippen LogP contribution in [0.2, 0.25) is 0 Å². The molecule has 1 aromatic carbocycles. The van der Waals surface area contributed by atoms with E-state index in [1.54, 1.807) is 0 Å². The maximum absolute atomic E-state index is 5.79. The van der Waals surface area contributed by atoms with Gasteiger partial charge in [0.25, 0.3) is 0 Å². The number of nitrogens with two attached hydrogens (primary N) is 2. The van der Waals surface area contributed by atoms with Crippen molar-refractivity contribution in [3.05, 3.63) is 36.2 Å². The predicted octanol–water partition coefficient (Wildman–Crippen LogP) is 1.11. The van der Waals surface area contributed by atoms with E-state index >= 15 is 0 Å². The van der Waals surface area contributed by atoms with E-state index in [9.17, 15) is 0 Å². The Morgan fingerprint density at radius 2 is 1.84 bits per heavy atom. The Balaban J connectivity index is 1.53. The van der Waals surface area contributed by atoms with Crippen molar-refractivity contribution in [2.75, 3.05) is 62.3 Å². The third-order valence-electron chi connectivity index (χ3n) is 5.33. The zero-order valence-corrected chi connectivity index (χ0v) is 17.8. The molecule has 2 aromatic heterocycles. The molecule has 1 saturated heterocycles. The van der Waals surface area contributed by atoms with E-state index in [0.29, 0.717) is 24.9 Å². The van der Waals surface area contributed by atoms with Gasteiger partial charge in [-0.2, -0.15) is 9.97 Å². The number of rotatable bonds is 10. The second-order valence-corrected chi connectivity index (χ2v) is 7.62. The molecular formula is C21H31N9O. The third-order valence-corrected chi connectivity index (χ3v) is 5.33. The van der Waals surface area contributed by atoms with Crippen LogP contribution in [-0.2, 0) is 17.8 Å². The number of anilines is 3. The van der Waals surface area contributed by atoms with E-state index in [2.05, 4.69) is 30.1 Å². The number of nitrogens with zero attached hydrogens (tertiary/aromatic N) is 5. The molecule has 0 radical (unpaired) electrons. The Morgan fingerprint density at radius 3 is 2.61 bits per heavy atom. The number of hydrogen-bond donors (Lipinski definition) is 4. The number of nitrogens with one attached hydrogen (secondary N) is 2. The summed E-state index contributed by atoms with van der Waals surface area (Å²) in [7, 11) is 0. The van der Waals surface area contributed by atoms with Crippen molar-refractivity contribution in [2.24, 2.45) is 5.73 Å². The highest BCUT2D eigenvalue weighted by Crippen LogP contribution is 2.22. The van der Waals surface area contributed by atoms with Crippen molar-refractivity contribution in [1.82, 2.24) is 24.4 Å². The molecule has 10 nitrogen and oxygen atoms in total. The summed E-state index contributed by atoms with van der Waals surface area (Å²) >= 11 is 0.